The van der Waals surface area contributed by atoms with E-state index in [0.29, 0.717) is 12.3 Å². The zero-order valence-corrected chi connectivity index (χ0v) is 16.2. The molecule has 0 aliphatic rings. The Morgan fingerprint density at radius 3 is 2.36 bits per heavy atom. The summed E-state index contributed by atoms with van der Waals surface area (Å²) in [5, 5.41) is 3.00. The summed E-state index contributed by atoms with van der Waals surface area (Å²) < 4.78 is 0. The lowest BCUT2D eigenvalue weighted by Crippen LogP contribution is -2.25. The molecule has 25 heavy (non-hydrogen) atoms. The first-order valence-corrected chi connectivity index (χ1v) is 10.0. The normalized spacial score (nSPS) is 10.5. The first-order valence-electron chi connectivity index (χ1n) is 8.86. The molecule has 0 aromatic heterocycles. The molecule has 0 heterocycles. The quantitative estimate of drug-likeness (QED) is 0.723. The largest absolute Gasteiger partial charge is 0.372 e. The lowest BCUT2D eigenvalue weighted by atomic mass is 10.1. The highest BCUT2D eigenvalue weighted by molar-refractivity contribution is 7.99. The molecular formula is C21H28N2OS. The van der Waals surface area contributed by atoms with Gasteiger partial charge in [-0.15, -0.1) is 11.8 Å². The van der Waals surface area contributed by atoms with Crippen LogP contribution in [0.4, 0.5) is 5.69 Å². The average Bonchev–Trinajstić information content (AvgIpc) is 2.63. The maximum atomic E-state index is 12.0. The molecule has 0 aliphatic carbocycles. The van der Waals surface area contributed by atoms with E-state index in [-0.39, 0.29) is 5.91 Å². The van der Waals surface area contributed by atoms with Crippen LogP contribution < -0.4 is 10.2 Å². The summed E-state index contributed by atoms with van der Waals surface area (Å²) in [6.07, 6.45) is 0. The summed E-state index contributed by atoms with van der Waals surface area (Å²) in [4.78, 5) is 14.3. The number of carbonyl (C=O) groups excluding carboxylic acids is 1. The Bertz CT molecular complexity index is 666. The molecule has 0 atom stereocenters. The molecule has 4 heteroatoms. The van der Waals surface area contributed by atoms with Crippen LogP contribution in [0.2, 0.25) is 0 Å². The van der Waals surface area contributed by atoms with E-state index >= 15 is 0 Å². The van der Waals surface area contributed by atoms with Crippen molar-refractivity contribution in [2.24, 2.45) is 0 Å². The second-order valence-electron chi connectivity index (χ2n) is 6.03. The molecule has 2 aromatic rings. The predicted molar refractivity (Wildman–Crippen MR) is 109 cm³/mol. The monoisotopic (exact) mass is 356 g/mol. The topological polar surface area (TPSA) is 32.3 Å². The van der Waals surface area contributed by atoms with Crippen molar-refractivity contribution < 1.29 is 4.79 Å². The smallest absolute Gasteiger partial charge is 0.230 e. The zero-order valence-electron chi connectivity index (χ0n) is 15.4. The summed E-state index contributed by atoms with van der Waals surface area (Å²) in [5.41, 5.74) is 4.94. The standard InChI is InChI=1S/C21H28N2OS/c1-4-23(5-2)20-12-10-18(11-13-20)14-22-21(24)16-25-15-19-9-7-6-8-17(19)3/h6-13H,4-5,14-16H2,1-3H3,(H,22,24). The Kier molecular flexibility index (Phi) is 7.86. The Hall–Kier alpha value is -1.94. The maximum Gasteiger partial charge on any atom is 0.230 e. The SMILES string of the molecule is CCN(CC)c1ccc(CNC(=O)CSCc2ccccc2C)cc1. The number of hydrogen-bond acceptors (Lipinski definition) is 3. The fraction of sp³-hybridized carbons (Fsp3) is 0.381. The predicted octanol–water partition coefficient (Wildman–Crippen LogP) is 4.39. The van der Waals surface area contributed by atoms with Crippen LogP contribution in [0.1, 0.15) is 30.5 Å². The Balaban J connectivity index is 1.73. The van der Waals surface area contributed by atoms with Crippen LogP contribution in [-0.4, -0.2) is 24.7 Å². The van der Waals surface area contributed by atoms with Crippen molar-refractivity contribution in [3.63, 3.8) is 0 Å². The molecule has 2 aromatic carbocycles. The van der Waals surface area contributed by atoms with E-state index < -0.39 is 0 Å². The molecule has 0 aliphatic heterocycles. The summed E-state index contributed by atoms with van der Waals surface area (Å²) in [5.74, 6) is 1.45. The minimum atomic E-state index is 0.0893. The van der Waals surface area contributed by atoms with E-state index in [1.807, 2.05) is 12.1 Å². The molecule has 0 bridgehead atoms. The lowest BCUT2D eigenvalue weighted by Gasteiger charge is -2.21. The van der Waals surface area contributed by atoms with Crippen LogP contribution in [0.15, 0.2) is 48.5 Å². The molecule has 0 saturated carbocycles. The van der Waals surface area contributed by atoms with Gasteiger partial charge in [-0.05, 0) is 49.6 Å². The van der Waals surface area contributed by atoms with Crippen molar-refractivity contribution in [1.82, 2.24) is 5.32 Å². The molecule has 2 rings (SSSR count). The fourth-order valence-electron chi connectivity index (χ4n) is 2.69. The number of anilines is 1. The van der Waals surface area contributed by atoms with E-state index in [2.05, 4.69) is 67.4 Å². The van der Waals surface area contributed by atoms with Gasteiger partial charge in [0, 0.05) is 31.1 Å². The molecule has 3 nitrogen and oxygen atoms in total. The van der Waals surface area contributed by atoms with Gasteiger partial charge in [0.2, 0.25) is 5.91 Å². The van der Waals surface area contributed by atoms with E-state index in [0.717, 1.165) is 24.4 Å². The summed E-state index contributed by atoms with van der Waals surface area (Å²) in [6.45, 7) is 9.02. The Morgan fingerprint density at radius 2 is 1.72 bits per heavy atom. The minimum Gasteiger partial charge on any atom is -0.372 e. The third kappa shape index (κ3) is 6.13. The third-order valence-corrected chi connectivity index (χ3v) is 5.29. The number of benzene rings is 2. The number of carbonyl (C=O) groups is 1. The zero-order chi connectivity index (χ0) is 18.1. The van der Waals surface area contributed by atoms with Gasteiger partial charge in [-0.1, -0.05) is 36.4 Å². The summed E-state index contributed by atoms with van der Waals surface area (Å²) in [6, 6.07) is 16.8. The molecule has 1 N–H and O–H groups in total. The van der Waals surface area contributed by atoms with Gasteiger partial charge < -0.3 is 10.2 Å². The number of hydrogen-bond donors (Lipinski definition) is 1. The van der Waals surface area contributed by atoms with Crippen molar-refractivity contribution in [1.29, 1.82) is 0 Å². The molecule has 1 amide bonds. The average molecular weight is 357 g/mol. The highest BCUT2D eigenvalue weighted by Gasteiger charge is 2.05. The number of rotatable bonds is 9. The van der Waals surface area contributed by atoms with Gasteiger partial charge in [0.15, 0.2) is 0 Å². The number of amides is 1. The molecular weight excluding hydrogens is 328 g/mol. The molecule has 0 unspecified atom stereocenters. The third-order valence-electron chi connectivity index (χ3n) is 4.31. The van der Waals surface area contributed by atoms with Gasteiger partial charge in [-0.3, -0.25) is 4.79 Å². The first kappa shape index (κ1) is 19.4. The molecule has 0 fully saturated rings. The first-order chi connectivity index (χ1) is 12.1. The van der Waals surface area contributed by atoms with Gasteiger partial charge in [0.25, 0.3) is 0 Å². The van der Waals surface area contributed by atoms with Crippen molar-refractivity contribution in [3.8, 4) is 0 Å². The lowest BCUT2D eigenvalue weighted by molar-refractivity contribution is -0.118. The highest BCUT2D eigenvalue weighted by atomic mass is 32.2. The maximum absolute atomic E-state index is 12.0. The van der Waals surface area contributed by atoms with E-state index in [1.165, 1.54) is 16.8 Å². The minimum absolute atomic E-state index is 0.0893. The van der Waals surface area contributed by atoms with Crippen LogP contribution in [0.5, 0.6) is 0 Å². The molecule has 0 radical (unpaired) electrons. The molecule has 0 spiro atoms. The van der Waals surface area contributed by atoms with E-state index in [9.17, 15) is 4.79 Å². The van der Waals surface area contributed by atoms with Gasteiger partial charge >= 0.3 is 0 Å². The van der Waals surface area contributed by atoms with Crippen molar-refractivity contribution in [3.05, 3.63) is 65.2 Å². The number of aryl methyl sites for hydroxylation is 1. The van der Waals surface area contributed by atoms with E-state index in [4.69, 9.17) is 0 Å². The molecule has 0 saturated heterocycles. The summed E-state index contributed by atoms with van der Waals surface area (Å²) >= 11 is 1.66. The van der Waals surface area contributed by atoms with Gasteiger partial charge in [-0.25, -0.2) is 0 Å². The van der Waals surface area contributed by atoms with Crippen LogP contribution in [0.25, 0.3) is 0 Å². The van der Waals surface area contributed by atoms with Gasteiger partial charge in [0.05, 0.1) is 5.75 Å². The van der Waals surface area contributed by atoms with Crippen LogP contribution >= 0.6 is 11.8 Å². The second-order valence-corrected chi connectivity index (χ2v) is 7.02. The van der Waals surface area contributed by atoms with Crippen molar-refractivity contribution in [2.45, 2.75) is 33.1 Å². The fourth-order valence-corrected chi connectivity index (χ4v) is 3.62. The number of nitrogens with zero attached hydrogens (tertiary/aromatic N) is 1. The van der Waals surface area contributed by atoms with E-state index in [1.54, 1.807) is 11.8 Å². The second kappa shape index (κ2) is 10.1. The van der Waals surface area contributed by atoms with Crippen LogP contribution in [0.3, 0.4) is 0 Å². The highest BCUT2D eigenvalue weighted by Crippen LogP contribution is 2.16. The molecule has 134 valence electrons. The Morgan fingerprint density at radius 1 is 1.04 bits per heavy atom. The van der Waals surface area contributed by atoms with Crippen molar-refractivity contribution >= 4 is 23.4 Å². The van der Waals surface area contributed by atoms with Crippen LogP contribution in [0, 0.1) is 6.92 Å². The van der Waals surface area contributed by atoms with Crippen LogP contribution in [-0.2, 0) is 17.1 Å². The number of thioether (sulfide) groups is 1. The number of nitrogens with one attached hydrogen (secondary N) is 1. The summed E-state index contributed by atoms with van der Waals surface area (Å²) in [7, 11) is 0. The Labute approximate surface area is 155 Å². The van der Waals surface area contributed by atoms with Gasteiger partial charge in [-0.2, -0.15) is 0 Å². The van der Waals surface area contributed by atoms with Crippen molar-refractivity contribution in [2.75, 3.05) is 23.7 Å². The van der Waals surface area contributed by atoms with Gasteiger partial charge in [0.1, 0.15) is 0 Å².